The van der Waals surface area contributed by atoms with Gasteiger partial charge in [0, 0.05) is 37.0 Å². The largest absolute Gasteiger partial charge is 0.396 e. The van der Waals surface area contributed by atoms with Crippen molar-refractivity contribution in [1.29, 1.82) is 0 Å². The van der Waals surface area contributed by atoms with E-state index < -0.39 is 0 Å². The molecule has 1 N–H and O–H groups in total. The maximum Gasteiger partial charge on any atom is 0.256 e. The Labute approximate surface area is 137 Å². The second kappa shape index (κ2) is 6.20. The number of carbonyl (C=O) groups excluding carboxylic acids is 1. The summed E-state index contributed by atoms with van der Waals surface area (Å²) in [6, 6.07) is 10.2. The average molecular weight is 312 g/mol. The van der Waals surface area contributed by atoms with Crippen LogP contribution in [-0.4, -0.2) is 40.2 Å². The number of likely N-dealkylation sites (tertiary alicyclic amines) is 1. The maximum atomic E-state index is 13.0. The summed E-state index contributed by atoms with van der Waals surface area (Å²) in [5.74, 6) is 0.273. The van der Waals surface area contributed by atoms with Crippen LogP contribution in [0.5, 0.6) is 0 Å². The zero-order valence-corrected chi connectivity index (χ0v) is 14.0. The second-order valence-corrected chi connectivity index (χ2v) is 6.56. The van der Waals surface area contributed by atoms with E-state index in [0.717, 1.165) is 41.2 Å². The third kappa shape index (κ3) is 2.91. The molecule has 1 atom stereocenters. The van der Waals surface area contributed by atoms with Crippen LogP contribution in [0.3, 0.4) is 0 Å². The van der Waals surface area contributed by atoms with Crippen LogP contribution in [0.25, 0.3) is 5.69 Å². The molecule has 0 saturated carbocycles. The molecule has 1 aliphatic rings. The van der Waals surface area contributed by atoms with Crippen molar-refractivity contribution in [3.63, 3.8) is 0 Å². The van der Waals surface area contributed by atoms with Gasteiger partial charge in [0.15, 0.2) is 0 Å². The van der Waals surface area contributed by atoms with Gasteiger partial charge in [-0.25, -0.2) is 0 Å². The summed E-state index contributed by atoms with van der Waals surface area (Å²) >= 11 is 0. The van der Waals surface area contributed by atoms with Gasteiger partial charge in [0.1, 0.15) is 0 Å². The van der Waals surface area contributed by atoms with Crippen molar-refractivity contribution in [1.82, 2.24) is 9.47 Å². The number of nitrogens with zero attached hydrogens (tertiary/aromatic N) is 2. The van der Waals surface area contributed by atoms with Crippen LogP contribution in [0.4, 0.5) is 0 Å². The van der Waals surface area contributed by atoms with Crippen molar-refractivity contribution in [2.45, 2.75) is 27.2 Å². The van der Waals surface area contributed by atoms with E-state index in [1.54, 1.807) is 0 Å². The van der Waals surface area contributed by atoms with E-state index in [-0.39, 0.29) is 18.4 Å². The molecular formula is C19H24N2O2. The van der Waals surface area contributed by atoms with Gasteiger partial charge in [0.2, 0.25) is 0 Å². The first kappa shape index (κ1) is 15.8. The van der Waals surface area contributed by atoms with Crippen molar-refractivity contribution in [2.75, 3.05) is 19.7 Å². The van der Waals surface area contributed by atoms with E-state index in [4.69, 9.17) is 0 Å². The molecule has 0 bridgehead atoms. The molecule has 0 aliphatic carbocycles. The molecule has 1 saturated heterocycles. The van der Waals surface area contributed by atoms with Gasteiger partial charge in [-0.3, -0.25) is 4.79 Å². The number of aromatic nitrogens is 1. The number of aryl methyl sites for hydroxylation is 3. The van der Waals surface area contributed by atoms with Gasteiger partial charge < -0.3 is 14.6 Å². The van der Waals surface area contributed by atoms with Gasteiger partial charge in [-0.15, -0.1) is 0 Å². The number of hydrogen-bond donors (Lipinski definition) is 1. The molecule has 0 radical (unpaired) electrons. The van der Waals surface area contributed by atoms with Crippen LogP contribution in [0.2, 0.25) is 0 Å². The summed E-state index contributed by atoms with van der Waals surface area (Å²) in [4.78, 5) is 14.9. The number of aliphatic hydroxyl groups excluding tert-OH is 1. The van der Waals surface area contributed by atoms with Crippen molar-refractivity contribution in [3.8, 4) is 5.69 Å². The molecule has 23 heavy (non-hydrogen) atoms. The highest BCUT2D eigenvalue weighted by atomic mass is 16.3. The second-order valence-electron chi connectivity index (χ2n) is 6.56. The predicted molar refractivity (Wildman–Crippen MR) is 91.1 cm³/mol. The number of hydrogen-bond acceptors (Lipinski definition) is 2. The van der Waals surface area contributed by atoms with Crippen LogP contribution in [0.1, 0.15) is 33.7 Å². The normalized spacial score (nSPS) is 17.7. The first-order chi connectivity index (χ1) is 11.0. The lowest BCUT2D eigenvalue weighted by molar-refractivity contribution is 0.0782. The number of aliphatic hydroxyl groups is 1. The van der Waals surface area contributed by atoms with Gasteiger partial charge >= 0.3 is 0 Å². The molecule has 0 spiro atoms. The Bertz CT molecular complexity index is 713. The molecule has 1 fully saturated rings. The van der Waals surface area contributed by atoms with E-state index in [9.17, 15) is 9.90 Å². The van der Waals surface area contributed by atoms with Crippen molar-refractivity contribution < 1.29 is 9.90 Å². The smallest absolute Gasteiger partial charge is 0.256 e. The van der Waals surface area contributed by atoms with Crippen molar-refractivity contribution >= 4 is 5.91 Å². The first-order valence-corrected chi connectivity index (χ1v) is 8.17. The Morgan fingerprint density at radius 3 is 2.48 bits per heavy atom. The Morgan fingerprint density at radius 1 is 1.17 bits per heavy atom. The molecule has 4 heteroatoms. The zero-order chi connectivity index (χ0) is 16.6. The highest BCUT2D eigenvalue weighted by Crippen LogP contribution is 2.25. The Hall–Kier alpha value is -2.07. The molecular weight excluding hydrogens is 288 g/mol. The van der Waals surface area contributed by atoms with Crippen LogP contribution in [-0.2, 0) is 0 Å². The Morgan fingerprint density at radius 2 is 1.87 bits per heavy atom. The molecule has 122 valence electrons. The fraction of sp³-hybridized carbons (Fsp3) is 0.421. The number of benzene rings is 1. The van der Waals surface area contributed by atoms with Crippen LogP contribution >= 0.6 is 0 Å². The summed E-state index contributed by atoms with van der Waals surface area (Å²) in [7, 11) is 0. The predicted octanol–water partition coefficient (Wildman–Crippen LogP) is 2.86. The van der Waals surface area contributed by atoms with Gasteiger partial charge in [0.05, 0.1) is 11.3 Å². The first-order valence-electron chi connectivity index (χ1n) is 8.17. The molecule has 1 amide bonds. The summed E-state index contributed by atoms with van der Waals surface area (Å²) in [5.41, 5.74) is 5.00. The van der Waals surface area contributed by atoms with E-state index in [2.05, 4.69) is 30.5 Å². The Balaban J connectivity index is 2.02. The summed E-state index contributed by atoms with van der Waals surface area (Å²) < 4.78 is 2.13. The zero-order valence-electron chi connectivity index (χ0n) is 14.0. The minimum Gasteiger partial charge on any atom is -0.396 e. The van der Waals surface area contributed by atoms with Gasteiger partial charge in [-0.1, -0.05) is 11.6 Å². The molecule has 1 unspecified atom stereocenters. The molecule has 4 nitrogen and oxygen atoms in total. The van der Waals surface area contributed by atoms with E-state index >= 15 is 0 Å². The van der Waals surface area contributed by atoms with Crippen molar-refractivity contribution in [2.24, 2.45) is 5.92 Å². The number of carbonyl (C=O) groups is 1. The minimum absolute atomic E-state index is 0.0622. The number of rotatable bonds is 3. The topological polar surface area (TPSA) is 45.5 Å². The monoisotopic (exact) mass is 312 g/mol. The quantitative estimate of drug-likeness (QED) is 0.947. The highest BCUT2D eigenvalue weighted by molar-refractivity contribution is 5.98. The van der Waals surface area contributed by atoms with E-state index in [0.29, 0.717) is 6.54 Å². The summed E-state index contributed by atoms with van der Waals surface area (Å²) in [6.07, 6.45) is 0.880. The fourth-order valence-electron chi connectivity index (χ4n) is 3.40. The van der Waals surface area contributed by atoms with Crippen LogP contribution in [0.15, 0.2) is 30.3 Å². The third-order valence-electron chi connectivity index (χ3n) is 4.73. The summed E-state index contributed by atoms with van der Waals surface area (Å²) in [5, 5.41) is 9.32. The average Bonchev–Trinajstić information content (AvgIpc) is 3.14. The standard InChI is InChI=1S/C19H24N2O2/c1-13-4-7-18(21-14(2)5-6-15(21)3)17(10-13)19(23)20-9-8-16(11-20)12-22/h4-7,10,16,22H,8-9,11-12H2,1-3H3. The molecule has 2 aromatic rings. The molecule has 1 aromatic heterocycles. The lowest BCUT2D eigenvalue weighted by Gasteiger charge is -2.20. The fourth-order valence-corrected chi connectivity index (χ4v) is 3.40. The molecule has 3 rings (SSSR count). The molecule has 1 aromatic carbocycles. The van der Waals surface area contributed by atoms with Crippen LogP contribution in [0, 0.1) is 26.7 Å². The molecule has 1 aliphatic heterocycles. The van der Waals surface area contributed by atoms with E-state index in [1.807, 2.05) is 30.0 Å². The lowest BCUT2D eigenvalue weighted by atomic mass is 10.1. The minimum atomic E-state index is 0.0622. The summed E-state index contributed by atoms with van der Waals surface area (Å²) in [6.45, 7) is 7.64. The lowest BCUT2D eigenvalue weighted by Crippen LogP contribution is -2.30. The van der Waals surface area contributed by atoms with Gasteiger partial charge in [-0.2, -0.15) is 0 Å². The Kier molecular flexibility index (Phi) is 4.26. The third-order valence-corrected chi connectivity index (χ3v) is 4.73. The van der Waals surface area contributed by atoms with Gasteiger partial charge in [0.25, 0.3) is 5.91 Å². The van der Waals surface area contributed by atoms with Crippen LogP contribution < -0.4 is 0 Å². The SMILES string of the molecule is Cc1ccc(-n2c(C)ccc2C)c(C(=O)N2CCC(CO)C2)c1. The molecule has 2 heterocycles. The van der Waals surface area contributed by atoms with E-state index in [1.165, 1.54) is 0 Å². The number of amides is 1. The van der Waals surface area contributed by atoms with Gasteiger partial charge in [-0.05, 0) is 51.5 Å². The van der Waals surface area contributed by atoms with Crippen molar-refractivity contribution in [3.05, 3.63) is 52.8 Å². The highest BCUT2D eigenvalue weighted by Gasteiger charge is 2.28. The maximum absolute atomic E-state index is 13.0.